The van der Waals surface area contributed by atoms with Crippen LogP contribution in [0.2, 0.25) is 0 Å². The molecule has 3 aromatic rings. The van der Waals surface area contributed by atoms with E-state index >= 15 is 0 Å². The van der Waals surface area contributed by atoms with Gasteiger partial charge in [0, 0.05) is 30.3 Å². The maximum atomic E-state index is 13.9. The molecule has 1 aliphatic heterocycles. The molecule has 0 radical (unpaired) electrons. The molecule has 0 aliphatic carbocycles. The predicted molar refractivity (Wildman–Crippen MR) is 126 cm³/mol. The van der Waals surface area contributed by atoms with Gasteiger partial charge in [-0.2, -0.15) is 13.2 Å². The van der Waals surface area contributed by atoms with E-state index < -0.39 is 28.7 Å². The van der Waals surface area contributed by atoms with E-state index in [2.05, 4.69) is 4.98 Å². The Balaban J connectivity index is 1.60. The zero-order chi connectivity index (χ0) is 26.6. The van der Waals surface area contributed by atoms with E-state index in [1.165, 1.54) is 18.3 Å². The number of carbonyl (C=O) groups is 1. The first kappa shape index (κ1) is 25.7. The fourth-order valence-corrected chi connectivity index (χ4v) is 4.32. The van der Waals surface area contributed by atoms with Gasteiger partial charge in [-0.3, -0.25) is 10.1 Å². The van der Waals surface area contributed by atoms with Crippen molar-refractivity contribution in [2.24, 2.45) is 0 Å². The van der Waals surface area contributed by atoms with Crippen LogP contribution in [0.1, 0.15) is 29.5 Å². The molecule has 2 heterocycles. The van der Waals surface area contributed by atoms with Crippen LogP contribution in [0.25, 0.3) is 0 Å². The van der Waals surface area contributed by atoms with Crippen LogP contribution in [-0.4, -0.2) is 33.8 Å². The normalized spacial score (nSPS) is 15.4. The number of ether oxygens (including phenoxy) is 2. The Bertz CT molecular complexity index is 1290. The summed E-state index contributed by atoms with van der Waals surface area (Å²) in [6, 6.07) is 12.9. The quantitative estimate of drug-likeness (QED) is 0.171. The van der Waals surface area contributed by atoms with Crippen LogP contribution >= 0.6 is 0 Å². The lowest BCUT2D eigenvalue weighted by Crippen LogP contribution is -2.31. The van der Waals surface area contributed by atoms with E-state index in [1.54, 1.807) is 35.2 Å². The summed E-state index contributed by atoms with van der Waals surface area (Å²) < 4.78 is 51.9. The SMILES string of the molecule is O=C(O)Oc1ccc([N+](=O)[O-])cc1C[C@@H]1CCCN1c1cnc(OCc2ccccc2)c(C(F)(F)F)c1. The van der Waals surface area contributed by atoms with Gasteiger partial charge >= 0.3 is 12.3 Å². The summed E-state index contributed by atoms with van der Waals surface area (Å²) in [5.41, 5.74) is -0.0964. The molecule has 0 bridgehead atoms. The number of alkyl halides is 3. The summed E-state index contributed by atoms with van der Waals surface area (Å²) in [4.78, 5) is 27.4. The van der Waals surface area contributed by atoms with Crippen molar-refractivity contribution in [3.63, 3.8) is 0 Å². The van der Waals surface area contributed by atoms with Crippen molar-refractivity contribution in [1.29, 1.82) is 0 Å². The highest BCUT2D eigenvalue weighted by Crippen LogP contribution is 2.39. The Morgan fingerprint density at radius 1 is 1.19 bits per heavy atom. The third-order valence-electron chi connectivity index (χ3n) is 5.98. The first-order chi connectivity index (χ1) is 17.6. The van der Waals surface area contributed by atoms with Crippen molar-refractivity contribution >= 4 is 17.5 Å². The number of benzene rings is 2. The van der Waals surface area contributed by atoms with E-state index in [0.717, 1.165) is 12.1 Å². The Kier molecular flexibility index (Phi) is 7.46. The minimum Gasteiger partial charge on any atom is -0.472 e. The maximum Gasteiger partial charge on any atom is 0.511 e. The third-order valence-corrected chi connectivity index (χ3v) is 5.98. The number of rotatable bonds is 8. The molecule has 4 rings (SSSR count). The topological polar surface area (TPSA) is 115 Å². The number of nitro groups is 1. The molecular weight excluding hydrogens is 495 g/mol. The van der Waals surface area contributed by atoms with Crippen LogP contribution in [0, 0.1) is 10.1 Å². The second kappa shape index (κ2) is 10.7. The van der Waals surface area contributed by atoms with E-state index in [4.69, 9.17) is 14.6 Å². The molecule has 1 aromatic heterocycles. The van der Waals surface area contributed by atoms with Gasteiger partial charge in [-0.1, -0.05) is 30.3 Å². The van der Waals surface area contributed by atoms with E-state index in [1.807, 2.05) is 0 Å². The number of carboxylic acid groups (broad SMARTS) is 1. The van der Waals surface area contributed by atoms with Crippen LogP contribution in [0.4, 0.5) is 29.3 Å². The van der Waals surface area contributed by atoms with Crippen molar-refractivity contribution in [3.8, 4) is 11.6 Å². The van der Waals surface area contributed by atoms with E-state index in [9.17, 15) is 28.1 Å². The summed E-state index contributed by atoms with van der Waals surface area (Å²) in [6.07, 6.45) is -3.64. The largest absolute Gasteiger partial charge is 0.511 e. The van der Waals surface area contributed by atoms with Crippen LogP contribution in [0.15, 0.2) is 60.8 Å². The average molecular weight is 517 g/mol. The maximum absolute atomic E-state index is 13.9. The van der Waals surface area contributed by atoms with Crippen LogP contribution in [0.3, 0.4) is 0 Å². The lowest BCUT2D eigenvalue weighted by molar-refractivity contribution is -0.384. The van der Waals surface area contributed by atoms with Crippen LogP contribution < -0.4 is 14.4 Å². The number of non-ortho nitro benzene ring substituents is 1. The van der Waals surface area contributed by atoms with Gasteiger partial charge in [-0.15, -0.1) is 0 Å². The molecule has 1 fully saturated rings. The van der Waals surface area contributed by atoms with Crippen LogP contribution in [0.5, 0.6) is 11.6 Å². The highest BCUT2D eigenvalue weighted by Gasteiger charge is 2.37. The highest BCUT2D eigenvalue weighted by molar-refractivity contribution is 5.63. The van der Waals surface area contributed by atoms with Gasteiger partial charge in [0.1, 0.15) is 17.9 Å². The molecule has 1 aliphatic rings. The molecule has 0 unspecified atom stereocenters. The standard InChI is InChI=1S/C25H22F3N3O6/c26-25(27,28)21-13-20(14-29-23(21)36-15-16-5-2-1-3-6-16)30-10-4-7-18(30)11-17-12-19(31(34)35)8-9-22(17)37-24(32)33/h1-3,5-6,8-9,12-14,18H,4,7,10-11,15H2,(H,32,33)/t18-/m0/s1. The minimum atomic E-state index is -4.72. The van der Waals surface area contributed by atoms with Crippen molar-refractivity contribution < 1.29 is 37.5 Å². The average Bonchev–Trinajstić information content (AvgIpc) is 3.31. The number of nitro benzene ring substituents is 1. The number of pyridine rings is 1. The second-order valence-electron chi connectivity index (χ2n) is 8.43. The minimum absolute atomic E-state index is 0.0660. The molecule has 0 saturated carbocycles. The van der Waals surface area contributed by atoms with Crippen molar-refractivity contribution in [2.75, 3.05) is 11.4 Å². The number of halogens is 3. The smallest absolute Gasteiger partial charge is 0.472 e. The third kappa shape index (κ3) is 6.26. The molecule has 1 N–H and O–H groups in total. The van der Waals surface area contributed by atoms with Gasteiger partial charge in [0.15, 0.2) is 0 Å². The number of hydrogen-bond donors (Lipinski definition) is 1. The zero-order valence-electron chi connectivity index (χ0n) is 19.4. The monoisotopic (exact) mass is 517 g/mol. The summed E-state index contributed by atoms with van der Waals surface area (Å²) >= 11 is 0. The Hall–Kier alpha value is -4.35. The lowest BCUT2D eigenvalue weighted by Gasteiger charge is -2.28. The molecule has 0 amide bonds. The number of anilines is 1. The van der Waals surface area contributed by atoms with E-state index in [0.29, 0.717) is 24.9 Å². The molecule has 1 atom stereocenters. The van der Waals surface area contributed by atoms with Gasteiger partial charge in [0.25, 0.3) is 5.69 Å². The van der Waals surface area contributed by atoms with Gasteiger partial charge in [-0.25, -0.2) is 9.78 Å². The Labute approximate surface area is 209 Å². The molecule has 1 saturated heterocycles. The number of nitrogens with zero attached hydrogens (tertiary/aromatic N) is 3. The van der Waals surface area contributed by atoms with Crippen molar-refractivity contribution in [2.45, 2.75) is 38.1 Å². The molecule has 37 heavy (non-hydrogen) atoms. The number of aromatic nitrogens is 1. The lowest BCUT2D eigenvalue weighted by atomic mass is 10.0. The van der Waals surface area contributed by atoms with Gasteiger partial charge in [-0.05, 0) is 37.0 Å². The molecule has 9 nitrogen and oxygen atoms in total. The zero-order valence-corrected chi connectivity index (χ0v) is 19.4. The first-order valence-electron chi connectivity index (χ1n) is 11.3. The van der Waals surface area contributed by atoms with Crippen molar-refractivity contribution in [1.82, 2.24) is 4.98 Å². The van der Waals surface area contributed by atoms with Crippen LogP contribution in [-0.2, 0) is 19.2 Å². The molecule has 194 valence electrons. The fourth-order valence-electron chi connectivity index (χ4n) is 4.32. The Morgan fingerprint density at radius 2 is 1.95 bits per heavy atom. The highest BCUT2D eigenvalue weighted by atomic mass is 19.4. The summed E-state index contributed by atoms with van der Waals surface area (Å²) in [5, 5.41) is 20.2. The van der Waals surface area contributed by atoms with Gasteiger partial charge in [0.05, 0.1) is 16.8 Å². The second-order valence-corrected chi connectivity index (χ2v) is 8.43. The predicted octanol–water partition coefficient (Wildman–Crippen LogP) is 5.86. The van der Waals surface area contributed by atoms with Gasteiger partial charge < -0.3 is 19.5 Å². The summed E-state index contributed by atoms with van der Waals surface area (Å²) in [6.45, 7) is 0.347. The summed E-state index contributed by atoms with van der Waals surface area (Å²) in [7, 11) is 0. The number of hydrogen-bond acceptors (Lipinski definition) is 7. The summed E-state index contributed by atoms with van der Waals surface area (Å²) in [5.74, 6) is -0.601. The molecule has 2 aromatic carbocycles. The van der Waals surface area contributed by atoms with Gasteiger partial charge in [0.2, 0.25) is 5.88 Å². The molecule has 0 spiro atoms. The van der Waals surface area contributed by atoms with Crippen molar-refractivity contribution in [3.05, 3.63) is 87.6 Å². The molecule has 12 heteroatoms. The Morgan fingerprint density at radius 3 is 2.62 bits per heavy atom. The fraction of sp³-hybridized carbons (Fsp3) is 0.280. The first-order valence-corrected chi connectivity index (χ1v) is 11.3. The van der Waals surface area contributed by atoms with E-state index in [-0.39, 0.29) is 41.8 Å². The molecular formula is C25H22F3N3O6.